The van der Waals surface area contributed by atoms with Gasteiger partial charge in [0.25, 0.3) is 5.88 Å². The topological polar surface area (TPSA) is 59.4 Å². The van der Waals surface area contributed by atoms with Crippen LogP contribution >= 0.6 is 0 Å². The maximum absolute atomic E-state index is 5.54. The van der Waals surface area contributed by atoms with Crippen LogP contribution in [0.4, 0.5) is 5.82 Å². The van der Waals surface area contributed by atoms with E-state index < -0.39 is 0 Å². The molecule has 0 fully saturated rings. The highest BCUT2D eigenvalue weighted by Crippen LogP contribution is 2.23. The van der Waals surface area contributed by atoms with Crippen LogP contribution in [0.2, 0.25) is 0 Å². The molecule has 0 amide bonds. The molecule has 3 aromatic rings. The van der Waals surface area contributed by atoms with Gasteiger partial charge in [-0.1, -0.05) is 42.5 Å². The van der Waals surface area contributed by atoms with Crippen molar-refractivity contribution in [1.29, 1.82) is 0 Å². The third-order valence-corrected chi connectivity index (χ3v) is 3.00. The Morgan fingerprint density at radius 1 is 1.00 bits per heavy atom. The second kappa shape index (κ2) is 6.67. The summed E-state index contributed by atoms with van der Waals surface area (Å²) in [6.07, 6.45) is 1.73. The minimum Gasteiger partial charge on any atom is -0.475 e. The van der Waals surface area contributed by atoms with Crippen molar-refractivity contribution in [3.8, 4) is 5.88 Å². The molecule has 0 aliphatic rings. The quantitative estimate of drug-likeness (QED) is 0.578. The standard InChI is InChI=1S/C17H16N4O/c1-2-22-17-16(19-14-10-6-7-11-15(14)20-17)21-18-12-13-8-4-3-5-9-13/h3-12H,2H2,1H3,(H,19,21). The van der Waals surface area contributed by atoms with Gasteiger partial charge in [-0.05, 0) is 24.6 Å². The van der Waals surface area contributed by atoms with E-state index in [0.717, 1.165) is 16.6 Å². The van der Waals surface area contributed by atoms with Crippen molar-refractivity contribution in [2.45, 2.75) is 6.92 Å². The third kappa shape index (κ3) is 3.20. The Kier molecular flexibility index (Phi) is 4.25. The van der Waals surface area contributed by atoms with Crippen molar-refractivity contribution in [1.82, 2.24) is 9.97 Å². The van der Waals surface area contributed by atoms with E-state index in [4.69, 9.17) is 4.74 Å². The predicted octanol–water partition coefficient (Wildman–Crippen LogP) is 3.47. The zero-order chi connectivity index (χ0) is 15.2. The first-order valence-electron chi connectivity index (χ1n) is 7.10. The van der Waals surface area contributed by atoms with Gasteiger partial charge in [-0.2, -0.15) is 5.10 Å². The summed E-state index contributed by atoms with van der Waals surface area (Å²) in [5.74, 6) is 0.958. The van der Waals surface area contributed by atoms with Gasteiger partial charge in [0.15, 0.2) is 0 Å². The number of benzene rings is 2. The van der Waals surface area contributed by atoms with Crippen LogP contribution in [0.15, 0.2) is 59.7 Å². The number of nitrogens with one attached hydrogen (secondary N) is 1. The molecule has 0 spiro atoms. The Morgan fingerprint density at radius 3 is 2.41 bits per heavy atom. The number of nitrogens with zero attached hydrogens (tertiary/aromatic N) is 3. The predicted molar refractivity (Wildman–Crippen MR) is 88.4 cm³/mol. The summed E-state index contributed by atoms with van der Waals surface area (Å²) in [6.45, 7) is 2.43. The van der Waals surface area contributed by atoms with E-state index in [1.54, 1.807) is 6.21 Å². The van der Waals surface area contributed by atoms with Crippen LogP contribution in [0.1, 0.15) is 12.5 Å². The average Bonchev–Trinajstić information content (AvgIpc) is 2.56. The minimum absolute atomic E-state index is 0.450. The fourth-order valence-corrected chi connectivity index (χ4v) is 2.00. The van der Waals surface area contributed by atoms with Crippen molar-refractivity contribution < 1.29 is 4.74 Å². The van der Waals surface area contributed by atoms with E-state index in [9.17, 15) is 0 Å². The molecule has 0 saturated heterocycles. The first-order valence-corrected chi connectivity index (χ1v) is 7.10. The molecule has 5 nitrogen and oxygen atoms in total. The highest BCUT2D eigenvalue weighted by atomic mass is 16.5. The molecule has 0 atom stereocenters. The number of para-hydroxylation sites is 2. The normalized spacial score (nSPS) is 11.0. The molecule has 0 saturated carbocycles. The van der Waals surface area contributed by atoms with E-state index in [2.05, 4.69) is 20.5 Å². The van der Waals surface area contributed by atoms with Crippen LogP contribution in [0, 0.1) is 0 Å². The van der Waals surface area contributed by atoms with Crippen molar-refractivity contribution in [2.75, 3.05) is 12.0 Å². The van der Waals surface area contributed by atoms with E-state index in [1.807, 2.05) is 61.5 Å². The monoisotopic (exact) mass is 292 g/mol. The molecule has 110 valence electrons. The van der Waals surface area contributed by atoms with Crippen molar-refractivity contribution in [3.05, 3.63) is 60.2 Å². The molecular weight excluding hydrogens is 276 g/mol. The number of hydrazone groups is 1. The summed E-state index contributed by atoms with van der Waals surface area (Å²) in [7, 11) is 0. The summed E-state index contributed by atoms with van der Waals surface area (Å²) in [5, 5.41) is 4.20. The molecule has 1 N–H and O–H groups in total. The van der Waals surface area contributed by atoms with E-state index >= 15 is 0 Å². The number of rotatable bonds is 5. The number of aromatic nitrogens is 2. The molecule has 0 unspecified atom stereocenters. The van der Waals surface area contributed by atoms with Gasteiger partial charge < -0.3 is 4.74 Å². The van der Waals surface area contributed by atoms with Gasteiger partial charge >= 0.3 is 0 Å². The molecule has 2 aromatic carbocycles. The summed E-state index contributed by atoms with van der Waals surface area (Å²) < 4.78 is 5.54. The van der Waals surface area contributed by atoms with E-state index in [1.165, 1.54) is 0 Å². The molecular formula is C17H16N4O. The zero-order valence-corrected chi connectivity index (χ0v) is 12.2. The van der Waals surface area contributed by atoms with Crippen LogP contribution in [0.25, 0.3) is 11.0 Å². The largest absolute Gasteiger partial charge is 0.475 e. The summed E-state index contributed by atoms with van der Waals surface area (Å²) in [5.41, 5.74) is 5.50. The molecule has 0 bridgehead atoms. The fourth-order valence-electron chi connectivity index (χ4n) is 2.00. The fraction of sp³-hybridized carbons (Fsp3) is 0.118. The van der Waals surface area contributed by atoms with Gasteiger partial charge in [-0.3, -0.25) is 5.43 Å². The smallest absolute Gasteiger partial charge is 0.259 e. The molecule has 5 heteroatoms. The zero-order valence-electron chi connectivity index (χ0n) is 12.2. The lowest BCUT2D eigenvalue weighted by Crippen LogP contribution is -2.03. The number of fused-ring (bicyclic) bond motifs is 1. The number of hydrogen-bond donors (Lipinski definition) is 1. The Labute approximate surface area is 128 Å². The van der Waals surface area contributed by atoms with Gasteiger partial charge in [0.1, 0.15) is 0 Å². The molecule has 22 heavy (non-hydrogen) atoms. The second-order valence-corrected chi connectivity index (χ2v) is 4.58. The SMILES string of the molecule is CCOc1nc2ccccc2nc1NN=Cc1ccccc1. The molecule has 1 aromatic heterocycles. The maximum Gasteiger partial charge on any atom is 0.259 e. The van der Waals surface area contributed by atoms with Gasteiger partial charge in [-0.25, -0.2) is 9.97 Å². The van der Waals surface area contributed by atoms with Crippen LogP contribution in [0.3, 0.4) is 0 Å². The Morgan fingerprint density at radius 2 is 1.68 bits per heavy atom. The number of hydrogen-bond acceptors (Lipinski definition) is 5. The van der Waals surface area contributed by atoms with E-state index in [-0.39, 0.29) is 0 Å². The lowest BCUT2D eigenvalue weighted by molar-refractivity contribution is 0.328. The average molecular weight is 292 g/mol. The van der Waals surface area contributed by atoms with Gasteiger partial charge in [0.2, 0.25) is 5.82 Å². The molecule has 3 rings (SSSR count). The Balaban J connectivity index is 1.88. The van der Waals surface area contributed by atoms with Gasteiger partial charge in [0.05, 0.1) is 23.9 Å². The van der Waals surface area contributed by atoms with Crippen LogP contribution in [0.5, 0.6) is 5.88 Å². The lowest BCUT2D eigenvalue weighted by Gasteiger charge is -2.08. The third-order valence-electron chi connectivity index (χ3n) is 3.00. The first kappa shape index (κ1) is 14.0. The molecule has 0 aliphatic heterocycles. The van der Waals surface area contributed by atoms with Gasteiger partial charge in [0, 0.05) is 0 Å². The molecule has 0 radical (unpaired) electrons. The summed E-state index contributed by atoms with van der Waals surface area (Å²) >= 11 is 0. The molecule has 0 aliphatic carbocycles. The minimum atomic E-state index is 0.450. The van der Waals surface area contributed by atoms with Crippen LogP contribution < -0.4 is 10.2 Å². The molecule has 1 heterocycles. The lowest BCUT2D eigenvalue weighted by atomic mass is 10.2. The highest BCUT2D eigenvalue weighted by Gasteiger charge is 2.08. The van der Waals surface area contributed by atoms with Gasteiger partial charge in [-0.15, -0.1) is 0 Å². The summed E-state index contributed by atoms with van der Waals surface area (Å²) in [4.78, 5) is 8.98. The van der Waals surface area contributed by atoms with Crippen molar-refractivity contribution in [2.24, 2.45) is 5.10 Å². The number of anilines is 1. The van der Waals surface area contributed by atoms with Crippen molar-refractivity contribution >= 4 is 23.1 Å². The highest BCUT2D eigenvalue weighted by molar-refractivity contribution is 5.81. The van der Waals surface area contributed by atoms with E-state index in [0.29, 0.717) is 18.3 Å². The Hall–Kier alpha value is -2.95. The van der Waals surface area contributed by atoms with Crippen molar-refractivity contribution in [3.63, 3.8) is 0 Å². The Bertz CT molecular complexity index is 787. The summed E-state index contributed by atoms with van der Waals surface area (Å²) in [6, 6.07) is 17.5. The van der Waals surface area contributed by atoms with Crippen LogP contribution in [-0.4, -0.2) is 22.8 Å². The number of ether oxygens (including phenoxy) is 1. The second-order valence-electron chi connectivity index (χ2n) is 4.58. The maximum atomic E-state index is 5.54. The first-order chi connectivity index (χ1) is 10.9. The van der Waals surface area contributed by atoms with Crippen LogP contribution in [-0.2, 0) is 0 Å².